The van der Waals surface area contributed by atoms with Gasteiger partial charge < -0.3 is 20.9 Å². The first-order valence-corrected chi connectivity index (χ1v) is 7.71. The number of carboxylic acids is 1. The predicted octanol–water partition coefficient (Wildman–Crippen LogP) is -0.661. The second-order valence-electron chi connectivity index (χ2n) is 3.93. The van der Waals surface area contributed by atoms with E-state index in [1.807, 2.05) is 12.2 Å². The SMILES string of the molecule is CCCCOC(=O)NC(CS(=O)(=O)CCN)C(=O)O. The van der Waals surface area contributed by atoms with Gasteiger partial charge in [-0.25, -0.2) is 18.0 Å². The minimum Gasteiger partial charge on any atom is -0.480 e. The van der Waals surface area contributed by atoms with Crippen molar-refractivity contribution in [3.63, 3.8) is 0 Å². The maximum absolute atomic E-state index is 11.5. The van der Waals surface area contributed by atoms with Crippen LogP contribution < -0.4 is 11.1 Å². The third-order valence-electron chi connectivity index (χ3n) is 2.17. The highest BCUT2D eigenvalue weighted by Gasteiger charge is 2.26. The molecular weight excluding hydrogens is 276 g/mol. The van der Waals surface area contributed by atoms with Gasteiger partial charge in [-0.3, -0.25) is 0 Å². The Morgan fingerprint density at radius 2 is 2.05 bits per heavy atom. The summed E-state index contributed by atoms with van der Waals surface area (Å²) in [6.07, 6.45) is 0.528. The molecule has 0 bridgehead atoms. The standard InChI is InChI=1S/C10H20N2O6S/c1-2-3-5-18-10(15)12-8(9(13)14)7-19(16,17)6-4-11/h8H,2-7,11H2,1H3,(H,12,15)(H,13,14). The minimum atomic E-state index is -3.62. The van der Waals surface area contributed by atoms with Crippen molar-refractivity contribution in [2.75, 3.05) is 24.7 Å². The third kappa shape index (κ3) is 8.38. The summed E-state index contributed by atoms with van der Waals surface area (Å²) >= 11 is 0. The number of alkyl carbamates (subject to hydrolysis) is 1. The number of nitrogens with one attached hydrogen (secondary N) is 1. The maximum Gasteiger partial charge on any atom is 0.407 e. The van der Waals surface area contributed by atoms with Crippen LogP contribution in [-0.4, -0.2) is 56.3 Å². The first kappa shape index (κ1) is 17.6. The van der Waals surface area contributed by atoms with Gasteiger partial charge in [-0.2, -0.15) is 0 Å². The van der Waals surface area contributed by atoms with Crippen molar-refractivity contribution in [1.82, 2.24) is 5.32 Å². The second kappa shape index (κ2) is 8.70. The number of hydrogen-bond donors (Lipinski definition) is 3. The van der Waals surface area contributed by atoms with Crippen LogP contribution in [0.4, 0.5) is 4.79 Å². The quantitative estimate of drug-likeness (QED) is 0.480. The summed E-state index contributed by atoms with van der Waals surface area (Å²) in [6.45, 7) is 1.96. The van der Waals surface area contributed by atoms with Gasteiger partial charge >= 0.3 is 12.1 Å². The summed E-state index contributed by atoms with van der Waals surface area (Å²) in [5, 5.41) is 10.9. The van der Waals surface area contributed by atoms with Crippen LogP contribution in [-0.2, 0) is 19.4 Å². The average molecular weight is 296 g/mol. The molecule has 0 rings (SSSR count). The lowest BCUT2D eigenvalue weighted by Gasteiger charge is -2.14. The number of sulfone groups is 1. The zero-order valence-electron chi connectivity index (χ0n) is 10.8. The van der Waals surface area contributed by atoms with E-state index in [1.165, 1.54) is 0 Å². The van der Waals surface area contributed by atoms with Crippen molar-refractivity contribution in [2.24, 2.45) is 5.73 Å². The minimum absolute atomic E-state index is 0.102. The Hall–Kier alpha value is -1.35. The number of unbranched alkanes of at least 4 members (excludes halogenated alkanes) is 1. The highest BCUT2D eigenvalue weighted by Crippen LogP contribution is 1.97. The number of ether oxygens (including phenoxy) is 1. The highest BCUT2D eigenvalue weighted by atomic mass is 32.2. The number of rotatable bonds is 9. The first-order valence-electron chi connectivity index (χ1n) is 5.89. The molecule has 1 unspecified atom stereocenters. The molecule has 0 spiro atoms. The van der Waals surface area contributed by atoms with Crippen LogP contribution in [0.3, 0.4) is 0 Å². The first-order chi connectivity index (χ1) is 8.82. The Labute approximate surface area is 112 Å². The molecule has 0 aliphatic rings. The van der Waals surface area contributed by atoms with Crippen LogP contribution in [0.15, 0.2) is 0 Å². The summed E-state index contributed by atoms with van der Waals surface area (Å²) in [5.41, 5.74) is 5.11. The molecule has 9 heteroatoms. The van der Waals surface area contributed by atoms with Gasteiger partial charge in [0.25, 0.3) is 0 Å². The van der Waals surface area contributed by atoms with E-state index >= 15 is 0 Å². The third-order valence-corrected chi connectivity index (χ3v) is 3.87. The molecule has 0 aliphatic carbocycles. The fourth-order valence-corrected chi connectivity index (χ4v) is 2.44. The molecule has 0 fully saturated rings. The van der Waals surface area contributed by atoms with E-state index in [4.69, 9.17) is 15.6 Å². The number of aliphatic carboxylic acids is 1. The van der Waals surface area contributed by atoms with E-state index in [0.717, 1.165) is 6.42 Å². The monoisotopic (exact) mass is 296 g/mol. The van der Waals surface area contributed by atoms with Gasteiger partial charge in [0.15, 0.2) is 9.84 Å². The van der Waals surface area contributed by atoms with Gasteiger partial charge in [0.2, 0.25) is 0 Å². The lowest BCUT2D eigenvalue weighted by molar-refractivity contribution is -0.138. The zero-order chi connectivity index (χ0) is 14.9. The van der Waals surface area contributed by atoms with Gasteiger partial charge in [-0.15, -0.1) is 0 Å². The second-order valence-corrected chi connectivity index (χ2v) is 6.16. The largest absolute Gasteiger partial charge is 0.480 e. The van der Waals surface area contributed by atoms with Gasteiger partial charge in [0.1, 0.15) is 6.04 Å². The van der Waals surface area contributed by atoms with E-state index in [9.17, 15) is 18.0 Å². The van der Waals surface area contributed by atoms with Crippen molar-refractivity contribution < 1.29 is 27.9 Å². The molecule has 0 radical (unpaired) electrons. The molecule has 0 saturated heterocycles. The fraction of sp³-hybridized carbons (Fsp3) is 0.800. The maximum atomic E-state index is 11.5. The van der Waals surface area contributed by atoms with Crippen LogP contribution in [0, 0.1) is 0 Å². The Morgan fingerprint density at radius 3 is 2.53 bits per heavy atom. The molecule has 0 saturated carbocycles. The van der Waals surface area contributed by atoms with Gasteiger partial charge in [-0.1, -0.05) is 13.3 Å². The normalized spacial score (nSPS) is 12.7. The van der Waals surface area contributed by atoms with Crippen LogP contribution in [0.25, 0.3) is 0 Å². The van der Waals surface area contributed by atoms with Gasteiger partial charge in [-0.05, 0) is 6.42 Å². The molecule has 4 N–H and O–H groups in total. The number of amides is 1. The van der Waals surface area contributed by atoms with Crippen LogP contribution >= 0.6 is 0 Å². The van der Waals surface area contributed by atoms with Crippen molar-refractivity contribution >= 4 is 21.9 Å². The Bertz CT molecular complexity index is 395. The molecule has 19 heavy (non-hydrogen) atoms. The molecule has 8 nitrogen and oxygen atoms in total. The van der Waals surface area contributed by atoms with E-state index in [2.05, 4.69) is 0 Å². The summed E-state index contributed by atoms with van der Waals surface area (Å²) in [5.74, 6) is -2.47. The smallest absolute Gasteiger partial charge is 0.407 e. The Morgan fingerprint density at radius 1 is 1.42 bits per heavy atom. The molecule has 0 aromatic rings. The number of carboxylic acid groups (broad SMARTS) is 1. The van der Waals surface area contributed by atoms with E-state index in [0.29, 0.717) is 6.42 Å². The highest BCUT2D eigenvalue weighted by molar-refractivity contribution is 7.91. The van der Waals surface area contributed by atoms with E-state index < -0.39 is 33.7 Å². The topological polar surface area (TPSA) is 136 Å². The zero-order valence-corrected chi connectivity index (χ0v) is 11.6. The van der Waals surface area contributed by atoms with Crippen LogP contribution in [0.5, 0.6) is 0 Å². The van der Waals surface area contributed by atoms with Crippen molar-refractivity contribution in [1.29, 1.82) is 0 Å². The lowest BCUT2D eigenvalue weighted by Crippen LogP contribution is -2.46. The number of carbonyl (C=O) groups is 2. The predicted molar refractivity (Wildman–Crippen MR) is 68.5 cm³/mol. The summed E-state index contributed by atoms with van der Waals surface area (Å²) in [7, 11) is -3.62. The Kier molecular flexibility index (Phi) is 8.08. The number of hydrogen-bond acceptors (Lipinski definition) is 6. The molecule has 0 aliphatic heterocycles. The molecule has 1 atom stereocenters. The summed E-state index contributed by atoms with van der Waals surface area (Å²) in [4.78, 5) is 22.1. The van der Waals surface area contributed by atoms with Gasteiger partial charge in [0, 0.05) is 6.54 Å². The molecule has 0 heterocycles. The molecule has 112 valence electrons. The van der Waals surface area contributed by atoms with E-state index in [1.54, 1.807) is 0 Å². The number of carbonyl (C=O) groups excluding carboxylic acids is 1. The number of nitrogens with two attached hydrogens (primary N) is 1. The lowest BCUT2D eigenvalue weighted by atomic mass is 10.3. The van der Waals surface area contributed by atoms with Crippen molar-refractivity contribution in [2.45, 2.75) is 25.8 Å². The molecule has 0 aromatic heterocycles. The van der Waals surface area contributed by atoms with Gasteiger partial charge in [0.05, 0.1) is 18.1 Å². The van der Waals surface area contributed by atoms with E-state index in [-0.39, 0.29) is 18.9 Å². The van der Waals surface area contributed by atoms with Crippen LogP contribution in [0.2, 0.25) is 0 Å². The molecule has 1 amide bonds. The Balaban J connectivity index is 4.42. The molecular formula is C10H20N2O6S. The fourth-order valence-electron chi connectivity index (χ4n) is 1.18. The van der Waals surface area contributed by atoms with Crippen molar-refractivity contribution in [3.05, 3.63) is 0 Å². The van der Waals surface area contributed by atoms with Crippen LogP contribution in [0.1, 0.15) is 19.8 Å². The summed E-state index contributed by atoms with van der Waals surface area (Å²) < 4.78 is 27.6. The average Bonchev–Trinajstić information content (AvgIpc) is 2.27. The summed E-state index contributed by atoms with van der Waals surface area (Å²) in [6, 6.07) is -1.54. The molecule has 0 aromatic carbocycles. The van der Waals surface area contributed by atoms with Crippen molar-refractivity contribution in [3.8, 4) is 0 Å².